The Hall–Kier alpha value is -5.48. The number of nitrogens with two attached hydrogens (primary N) is 1. The van der Waals surface area contributed by atoms with E-state index in [1.807, 2.05) is 70.2 Å². The van der Waals surface area contributed by atoms with Crippen LogP contribution in [0.15, 0.2) is 91.2 Å². The van der Waals surface area contributed by atoms with Gasteiger partial charge in [0.25, 0.3) is 10.1 Å². The Labute approximate surface area is 507 Å². The molecule has 0 saturated heterocycles. The molecule has 3 aromatic carbocycles. The number of ether oxygens (including phenoxy) is 6. The molecule has 3 aliphatic rings. The van der Waals surface area contributed by atoms with Gasteiger partial charge in [0.15, 0.2) is 0 Å². The van der Waals surface area contributed by atoms with Gasteiger partial charge in [-0.1, -0.05) is 58.2 Å². The van der Waals surface area contributed by atoms with Crippen LogP contribution in [0.1, 0.15) is 147 Å². The van der Waals surface area contributed by atoms with Crippen LogP contribution >= 0.6 is 11.6 Å². The van der Waals surface area contributed by atoms with Crippen molar-refractivity contribution in [1.82, 2.24) is 15.0 Å². The van der Waals surface area contributed by atoms with Crippen LogP contribution in [0.5, 0.6) is 0 Å². The quantitative estimate of drug-likeness (QED) is 0.0120. The fraction of sp³-hybridized carbons (Fsp3) is 0.578. The molecule has 6 atom stereocenters. The highest BCUT2D eigenvalue weighted by molar-refractivity contribution is 7.87. The van der Waals surface area contributed by atoms with Crippen molar-refractivity contribution in [2.45, 2.75) is 194 Å². The molecule has 19 nitrogen and oxygen atoms in total. The fourth-order valence-electron chi connectivity index (χ4n) is 10.5. The van der Waals surface area contributed by atoms with Gasteiger partial charge in [-0.3, -0.25) is 4.18 Å². The van der Waals surface area contributed by atoms with Crippen molar-refractivity contribution in [2.75, 3.05) is 44.7 Å². The molecule has 9 rings (SSSR count). The van der Waals surface area contributed by atoms with Crippen LogP contribution in [0.3, 0.4) is 0 Å². The van der Waals surface area contributed by atoms with Gasteiger partial charge in [-0.25, -0.2) is 15.0 Å². The summed E-state index contributed by atoms with van der Waals surface area (Å²) in [5.74, 6) is 4.32. The van der Waals surface area contributed by atoms with Gasteiger partial charge in [0, 0.05) is 48.0 Å². The first-order valence-corrected chi connectivity index (χ1v) is 32.2. The molecular weight excluding hydrogens is 1130 g/mol. The summed E-state index contributed by atoms with van der Waals surface area (Å²) in [6.07, 6.45) is 15.5. The van der Waals surface area contributed by atoms with Gasteiger partial charge in [-0.2, -0.15) is 8.42 Å². The zero-order chi connectivity index (χ0) is 60.4. The van der Waals surface area contributed by atoms with Gasteiger partial charge in [-0.15, -0.1) is 11.6 Å². The van der Waals surface area contributed by atoms with Gasteiger partial charge >= 0.3 is 0 Å². The number of halogens is 1. The van der Waals surface area contributed by atoms with Gasteiger partial charge in [0.2, 0.25) is 17.7 Å². The Bertz CT molecular complexity index is 3110. The molecule has 21 heteroatoms. The number of azide groups is 1. The Morgan fingerprint density at radius 2 is 0.894 bits per heavy atom. The van der Waals surface area contributed by atoms with E-state index < -0.39 is 15.3 Å². The minimum absolute atomic E-state index is 0.0798. The molecule has 3 fully saturated rings. The maximum atomic E-state index is 11.2. The summed E-state index contributed by atoms with van der Waals surface area (Å²) in [4.78, 5) is 16.7. The topological polar surface area (TPSA) is 252 Å². The molecule has 0 bridgehead atoms. The third kappa shape index (κ3) is 23.0. The van der Waals surface area contributed by atoms with E-state index in [1.54, 1.807) is 0 Å². The number of hydrogen-bond acceptors (Lipinski definition) is 17. The number of aryl methyl sites for hydroxylation is 6. The van der Waals surface area contributed by atoms with Crippen molar-refractivity contribution in [3.8, 4) is 34.4 Å². The highest BCUT2D eigenvalue weighted by Crippen LogP contribution is 2.31. The number of rotatable bonds is 28. The van der Waals surface area contributed by atoms with Crippen molar-refractivity contribution in [3.63, 3.8) is 0 Å². The molecule has 464 valence electrons. The summed E-state index contributed by atoms with van der Waals surface area (Å²) in [6, 6.07) is 24.4. The molecule has 6 aromatic rings. The van der Waals surface area contributed by atoms with Crippen LogP contribution in [0, 0.1) is 41.5 Å². The van der Waals surface area contributed by atoms with Crippen molar-refractivity contribution in [3.05, 3.63) is 134 Å². The molecular formula is C64H88ClN7O12S. The molecule has 2 N–H and O–H groups in total. The Morgan fingerprint density at radius 1 is 0.541 bits per heavy atom. The average Bonchev–Trinajstić information content (AvgIpc) is 4.35. The van der Waals surface area contributed by atoms with Crippen molar-refractivity contribution in [2.24, 2.45) is 10.8 Å². The Morgan fingerprint density at radius 3 is 1.24 bits per heavy atom. The van der Waals surface area contributed by atoms with E-state index in [9.17, 15) is 8.42 Å². The average molecular weight is 1210 g/mol. The molecule has 0 aliphatic heterocycles. The fourth-order valence-corrected chi connectivity index (χ4v) is 11.1. The summed E-state index contributed by atoms with van der Waals surface area (Å²) in [6.45, 7) is 16.4. The lowest BCUT2D eigenvalue weighted by molar-refractivity contribution is -0.0525. The molecule has 3 aromatic heterocycles. The Balaban J connectivity index is 0.000000183. The maximum absolute atomic E-state index is 11.2. The lowest BCUT2D eigenvalue weighted by Crippen LogP contribution is -2.28. The minimum atomic E-state index is -3.61. The number of aromatic nitrogens is 3. The van der Waals surface area contributed by atoms with E-state index in [0.29, 0.717) is 76.3 Å². The second-order valence-electron chi connectivity index (χ2n) is 22.2. The first kappa shape index (κ1) is 67.0. The van der Waals surface area contributed by atoms with Crippen molar-refractivity contribution >= 4 is 21.7 Å². The highest BCUT2D eigenvalue weighted by atomic mass is 35.5. The summed E-state index contributed by atoms with van der Waals surface area (Å²) in [7, 11) is -3.61. The molecule has 0 amide bonds. The molecule has 3 heterocycles. The molecule has 3 saturated carbocycles. The number of benzene rings is 3. The molecule has 3 aliphatic carbocycles. The summed E-state index contributed by atoms with van der Waals surface area (Å²) in [5, 5.41) is 2.99. The highest BCUT2D eigenvalue weighted by Gasteiger charge is 2.27. The number of oxazole rings is 3. The first-order chi connectivity index (χ1) is 41.2. The summed E-state index contributed by atoms with van der Waals surface area (Å²) < 4.78 is 80.8. The monoisotopic (exact) mass is 1210 g/mol. The molecule has 0 unspecified atom stereocenters. The first-order valence-electron chi connectivity index (χ1n) is 30.1. The van der Waals surface area contributed by atoms with Crippen LogP contribution in [-0.2, 0) is 62.5 Å². The molecule has 0 spiro atoms. The van der Waals surface area contributed by atoms with Gasteiger partial charge in [0.05, 0.1) is 63.1 Å². The van der Waals surface area contributed by atoms with Crippen LogP contribution in [0.4, 0.5) is 0 Å². The van der Waals surface area contributed by atoms with Gasteiger partial charge in [-0.05, 0) is 186 Å². The van der Waals surface area contributed by atoms with E-state index in [1.165, 1.54) is 11.1 Å². The number of nitrogens with zero attached hydrogens (tertiary/aromatic N) is 6. The van der Waals surface area contributed by atoms with Crippen molar-refractivity contribution in [1.29, 1.82) is 0 Å². The number of hydrogen-bond donors (Lipinski definition) is 1. The smallest absolute Gasteiger partial charge is 0.281 e. The zero-order valence-electron chi connectivity index (χ0n) is 50.5. The van der Waals surface area contributed by atoms with Crippen LogP contribution in [0.2, 0.25) is 0 Å². The molecule has 85 heavy (non-hydrogen) atoms. The van der Waals surface area contributed by atoms with Gasteiger partial charge in [0.1, 0.15) is 39.6 Å². The standard InChI is InChI=1S/C22H30ClNO6S.C21H28N4O3.C21H30N2O3/c1-16-6-3-7-18(12-16)22-24-21(17(2)30-22)14-28-20-9-4-8-19(13-20)27-10-5-11-29-31(25,26)15-23;1-15-6-3-7-17(12-15)21-24-20(16(2)28-21)14-27-19-9-4-8-18(13-19)26-11-5-10-23-25-22;1-15-6-3-7-17(12-15)21-23-20(16(2)26-21)14-25-19-9-4-8-18(13-19)24-11-5-10-22/h3,6-7,12,19-20H,4-5,8-11,13-15H2,1-2H3;3,6-7,12,18-19H,4-5,8-11,13-14H2,1-2H3;3,6-7,12,18-19H,4-5,8-11,13-14,22H2,1-2H3/t19-,20+;2*18-,19+/m111/s1. The van der Waals surface area contributed by atoms with Crippen LogP contribution < -0.4 is 5.73 Å². The van der Waals surface area contributed by atoms with Crippen molar-refractivity contribution < 1.29 is 54.3 Å². The van der Waals surface area contributed by atoms with E-state index in [0.717, 1.165) is 153 Å². The van der Waals surface area contributed by atoms with Crippen LogP contribution in [-0.4, -0.2) is 105 Å². The Kier molecular flexibility index (Phi) is 27.9. The van der Waals surface area contributed by atoms with E-state index >= 15 is 0 Å². The predicted octanol–water partition coefficient (Wildman–Crippen LogP) is 14.4. The van der Waals surface area contributed by atoms with E-state index in [-0.39, 0.29) is 37.1 Å². The van der Waals surface area contributed by atoms with E-state index in [4.69, 9.17) is 68.7 Å². The molecule has 0 radical (unpaired) electrons. The summed E-state index contributed by atoms with van der Waals surface area (Å²) >= 11 is 5.30. The largest absolute Gasteiger partial charge is 0.441 e. The lowest BCUT2D eigenvalue weighted by atomic mass is 9.95. The number of alkyl halides is 1. The van der Waals surface area contributed by atoms with Gasteiger partial charge < -0.3 is 47.4 Å². The second kappa shape index (κ2) is 35.4. The third-order valence-corrected chi connectivity index (χ3v) is 16.7. The summed E-state index contributed by atoms with van der Waals surface area (Å²) in [5.41, 5.74) is 22.9. The normalized spacial score (nSPS) is 19.8. The van der Waals surface area contributed by atoms with Crippen LogP contribution in [0.25, 0.3) is 44.8 Å². The lowest BCUT2D eigenvalue weighted by Gasteiger charge is -2.29. The van der Waals surface area contributed by atoms with E-state index in [2.05, 4.69) is 69.2 Å². The zero-order valence-corrected chi connectivity index (χ0v) is 52.1. The SMILES string of the molecule is Cc1cccc(-c2nc(CO[C@H]3CCC[C@@H](OCCCN)C3)c(C)o2)c1.Cc1cccc(-c2nc(CO[C@H]3CCC[C@@H](OCCCN=[N+]=[N-])C3)c(C)o2)c1.Cc1cccc(-c2nc(CO[C@H]3CCC[C@@H](OCCCOS(=O)(=O)CCl)C3)c(C)o2)c1. The minimum Gasteiger partial charge on any atom is -0.441 e. The third-order valence-electron chi connectivity index (χ3n) is 15.1. The maximum Gasteiger partial charge on any atom is 0.281 e. The second-order valence-corrected chi connectivity index (χ2v) is 24.5. The predicted molar refractivity (Wildman–Crippen MR) is 327 cm³/mol.